The molecule has 3 heterocycles. The molecule has 6 heteroatoms. The third-order valence-corrected chi connectivity index (χ3v) is 5.18. The number of carbonyl (C=O) groups excluding carboxylic acids is 1. The molecule has 0 bridgehead atoms. The predicted octanol–water partition coefficient (Wildman–Crippen LogP) is 2.77. The van der Waals surface area contributed by atoms with Gasteiger partial charge in [-0.1, -0.05) is 13.0 Å². The fraction of sp³-hybridized carbons (Fsp3) is 0.476. The van der Waals surface area contributed by atoms with Crippen molar-refractivity contribution >= 4 is 17.4 Å². The van der Waals surface area contributed by atoms with Gasteiger partial charge in [-0.25, -0.2) is 9.97 Å². The van der Waals surface area contributed by atoms with Gasteiger partial charge in [-0.15, -0.1) is 0 Å². The fourth-order valence-electron chi connectivity index (χ4n) is 3.44. The highest BCUT2D eigenvalue weighted by atomic mass is 16.1. The van der Waals surface area contributed by atoms with Crippen LogP contribution in [0.2, 0.25) is 0 Å². The summed E-state index contributed by atoms with van der Waals surface area (Å²) in [6.45, 7) is 10.5. The topological polar surface area (TPSA) is 75.3 Å². The third-order valence-electron chi connectivity index (χ3n) is 5.18. The molecular weight excluding hydrogens is 338 g/mol. The van der Waals surface area contributed by atoms with Crippen LogP contribution >= 0.6 is 0 Å². The molecule has 0 saturated carbocycles. The second kappa shape index (κ2) is 8.48. The van der Waals surface area contributed by atoms with Gasteiger partial charge in [0.05, 0.1) is 5.56 Å². The van der Waals surface area contributed by atoms with Crippen molar-refractivity contribution in [3.8, 4) is 0 Å². The number of carbonyl (C=O) groups is 1. The Balaban J connectivity index is 1.82. The van der Waals surface area contributed by atoms with Crippen molar-refractivity contribution in [2.24, 2.45) is 0 Å². The van der Waals surface area contributed by atoms with Gasteiger partial charge in [0.2, 0.25) is 5.78 Å². The zero-order valence-corrected chi connectivity index (χ0v) is 16.5. The molecule has 1 aliphatic heterocycles. The van der Waals surface area contributed by atoms with E-state index in [9.17, 15) is 4.79 Å². The van der Waals surface area contributed by atoms with Gasteiger partial charge in [-0.2, -0.15) is 0 Å². The maximum atomic E-state index is 13.0. The number of hydrogen-bond acceptors (Lipinski definition) is 6. The van der Waals surface area contributed by atoms with Crippen LogP contribution in [0.4, 0.5) is 11.6 Å². The van der Waals surface area contributed by atoms with Gasteiger partial charge in [-0.3, -0.25) is 9.69 Å². The summed E-state index contributed by atoms with van der Waals surface area (Å²) in [4.78, 5) is 26.5. The van der Waals surface area contributed by atoms with Crippen molar-refractivity contribution in [1.82, 2.24) is 14.9 Å². The molecule has 2 N–H and O–H groups in total. The van der Waals surface area contributed by atoms with Crippen molar-refractivity contribution in [3.05, 3.63) is 47.3 Å². The van der Waals surface area contributed by atoms with Crippen LogP contribution in [0, 0.1) is 0 Å². The van der Waals surface area contributed by atoms with Crippen LogP contribution in [-0.2, 0) is 6.42 Å². The summed E-state index contributed by atoms with van der Waals surface area (Å²) in [6, 6.07) is 8.00. The average Bonchev–Trinajstić information content (AvgIpc) is 2.94. The molecule has 1 fully saturated rings. The Morgan fingerprint density at radius 1 is 1.22 bits per heavy atom. The molecule has 1 saturated heterocycles. The zero-order chi connectivity index (χ0) is 19.4. The van der Waals surface area contributed by atoms with Crippen LogP contribution in [0.25, 0.3) is 0 Å². The molecule has 0 radical (unpaired) electrons. The summed E-state index contributed by atoms with van der Waals surface area (Å²) in [5, 5.41) is 0. The lowest BCUT2D eigenvalue weighted by Crippen LogP contribution is -2.35. The Bertz CT molecular complexity index is 805. The first-order valence-electron chi connectivity index (χ1n) is 9.74. The highest BCUT2D eigenvalue weighted by Crippen LogP contribution is 2.19. The summed E-state index contributed by atoms with van der Waals surface area (Å²) >= 11 is 0. The largest absolute Gasteiger partial charge is 0.383 e. The van der Waals surface area contributed by atoms with Gasteiger partial charge in [0.1, 0.15) is 17.3 Å². The average molecular weight is 367 g/mol. The van der Waals surface area contributed by atoms with Crippen LogP contribution in [0.3, 0.4) is 0 Å². The van der Waals surface area contributed by atoms with E-state index in [4.69, 9.17) is 5.73 Å². The van der Waals surface area contributed by atoms with Crippen molar-refractivity contribution < 1.29 is 4.79 Å². The van der Waals surface area contributed by atoms with E-state index in [2.05, 4.69) is 33.6 Å². The standard InChI is InChI=1S/C21H29N5O/c1-4-16-13-17(21(22)23-14-16)20(27)18-7-5-8-19(24-18)26-10-6-9-25(11-12-26)15(2)3/h5,7-8,13-15H,4,6,9-12H2,1-3H3,(H2,22,23). The summed E-state index contributed by atoms with van der Waals surface area (Å²) < 4.78 is 0. The lowest BCUT2D eigenvalue weighted by atomic mass is 10.1. The Hall–Kier alpha value is -2.47. The van der Waals surface area contributed by atoms with Crippen LogP contribution in [0.15, 0.2) is 30.5 Å². The third kappa shape index (κ3) is 4.45. The van der Waals surface area contributed by atoms with E-state index in [1.807, 2.05) is 25.1 Å². The molecule has 0 spiro atoms. The highest BCUT2D eigenvalue weighted by molar-refractivity contribution is 6.10. The van der Waals surface area contributed by atoms with Crippen molar-refractivity contribution in [1.29, 1.82) is 0 Å². The van der Waals surface area contributed by atoms with Gasteiger partial charge in [0.15, 0.2) is 0 Å². The number of aromatic nitrogens is 2. The number of hydrogen-bond donors (Lipinski definition) is 1. The summed E-state index contributed by atoms with van der Waals surface area (Å²) in [5.41, 5.74) is 7.79. The van der Waals surface area contributed by atoms with E-state index in [0.29, 0.717) is 17.3 Å². The fourth-order valence-corrected chi connectivity index (χ4v) is 3.44. The quantitative estimate of drug-likeness (QED) is 0.819. The van der Waals surface area contributed by atoms with Gasteiger partial charge in [-0.05, 0) is 50.5 Å². The van der Waals surface area contributed by atoms with Crippen molar-refractivity contribution in [2.75, 3.05) is 36.8 Å². The zero-order valence-electron chi connectivity index (χ0n) is 16.5. The van der Waals surface area contributed by atoms with Gasteiger partial charge in [0.25, 0.3) is 0 Å². The molecule has 2 aromatic heterocycles. The number of nitrogen functional groups attached to an aromatic ring is 1. The minimum absolute atomic E-state index is 0.171. The first-order chi connectivity index (χ1) is 13.0. The van der Waals surface area contributed by atoms with Crippen LogP contribution in [-0.4, -0.2) is 52.9 Å². The summed E-state index contributed by atoms with van der Waals surface area (Å²) in [5.74, 6) is 0.937. The molecule has 2 aromatic rings. The Morgan fingerprint density at radius 2 is 2.04 bits per heavy atom. The van der Waals surface area contributed by atoms with Crippen LogP contribution < -0.4 is 10.6 Å². The molecule has 27 heavy (non-hydrogen) atoms. The summed E-state index contributed by atoms with van der Waals surface area (Å²) in [7, 11) is 0. The first-order valence-corrected chi connectivity index (χ1v) is 9.74. The van der Waals surface area contributed by atoms with Gasteiger partial charge >= 0.3 is 0 Å². The van der Waals surface area contributed by atoms with Crippen LogP contribution in [0.5, 0.6) is 0 Å². The number of aryl methyl sites for hydroxylation is 1. The molecule has 0 atom stereocenters. The number of ketones is 1. The second-order valence-corrected chi connectivity index (χ2v) is 7.31. The van der Waals surface area contributed by atoms with E-state index >= 15 is 0 Å². The molecule has 0 amide bonds. The number of nitrogens with zero attached hydrogens (tertiary/aromatic N) is 4. The van der Waals surface area contributed by atoms with Gasteiger partial charge < -0.3 is 10.6 Å². The minimum atomic E-state index is -0.171. The first kappa shape index (κ1) is 19.3. The molecule has 0 aromatic carbocycles. The normalized spacial score (nSPS) is 15.8. The monoisotopic (exact) mass is 367 g/mol. The predicted molar refractivity (Wildman–Crippen MR) is 109 cm³/mol. The van der Waals surface area contributed by atoms with Gasteiger partial charge in [0, 0.05) is 38.4 Å². The van der Waals surface area contributed by atoms with Crippen LogP contribution in [0.1, 0.15) is 48.8 Å². The Labute approximate surface area is 161 Å². The summed E-state index contributed by atoms with van der Waals surface area (Å²) in [6.07, 6.45) is 3.61. The van der Waals surface area contributed by atoms with E-state index in [1.54, 1.807) is 12.3 Å². The van der Waals surface area contributed by atoms with E-state index in [-0.39, 0.29) is 11.6 Å². The molecule has 0 aliphatic carbocycles. The van der Waals surface area contributed by atoms with E-state index in [0.717, 1.165) is 50.4 Å². The van der Waals surface area contributed by atoms with E-state index in [1.165, 1.54) is 0 Å². The highest BCUT2D eigenvalue weighted by Gasteiger charge is 2.20. The smallest absolute Gasteiger partial charge is 0.215 e. The SMILES string of the molecule is CCc1cnc(N)c(C(=O)c2cccc(N3CCCN(C(C)C)CC3)n2)c1. The number of rotatable bonds is 5. The molecule has 3 rings (SSSR count). The Morgan fingerprint density at radius 3 is 2.78 bits per heavy atom. The van der Waals surface area contributed by atoms with E-state index < -0.39 is 0 Å². The maximum absolute atomic E-state index is 13.0. The molecule has 0 unspecified atom stereocenters. The maximum Gasteiger partial charge on any atom is 0.215 e. The second-order valence-electron chi connectivity index (χ2n) is 7.31. The Kier molecular flexibility index (Phi) is 6.06. The molecule has 144 valence electrons. The molecule has 1 aliphatic rings. The minimum Gasteiger partial charge on any atom is -0.383 e. The number of nitrogens with two attached hydrogens (primary N) is 1. The van der Waals surface area contributed by atoms with Crippen molar-refractivity contribution in [3.63, 3.8) is 0 Å². The lowest BCUT2D eigenvalue weighted by Gasteiger charge is -2.25. The molecular formula is C21H29N5O. The molecule has 6 nitrogen and oxygen atoms in total. The number of anilines is 2. The number of pyridine rings is 2. The van der Waals surface area contributed by atoms with Crippen molar-refractivity contribution in [2.45, 2.75) is 39.7 Å². The lowest BCUT2D eigenvalue weighted by molar-refractivity contribution is 0.103.